The van der Waals surface area contributed by atoms with Crippen LogP contribution in [0.1, 0.15) is 18.1 Å². The Kier molecular flexibility index (Phi) is 4.13. The van der Waals surface area contributed by atoms with Crippen LogP contribution < -0.4 is 0 Å². The van der Waals surface area contributed by atoms with Gasteiger partial charge in [0.2, 0.25) is 23.6 Å². The molecule has 0 N–H and O–H groups in total. The standard InChI is InChI=1S/C24H22N2O4/c1-3-13-4-8-15(9-5-13)16-10-6-14(7-11-16)12-26-23(29)19-17-18(20(19)24(26)30)22(28)25(2)21(17)27/h4-11,17-20H,3,12H2,1-2H3. The van der Waals surface area contributed by atoms with E-state index in [1.807, 2.05) is 24.3 Å². The molecule has 1 saturated carbocycles. The summed E-state index contributed by atoms with van der Waals surface area (Å²) in [6, 6.07) is 16.2. The Bertz CT molecular complexity index is 1030. The van der Waals surface area contributed by atoms with E-state index in [2.05, 4.69) is 31.2 Å². The number of amides is 4. The van der Waals surface area contributed by atoms with Crippen molar-refractivity contribution in [2.75, 3.05) is 7.05 Å². The minimum absolute atomic E-state index is 0.164. The molecule has 6 heteroatoms. The van der Waals surface area contributed by atoms with E-state index >= 15 is 0 Å². The van der Waals surface area contributed by atoms with Gasteiger partial charge in [-0.3, -0.25) is 29.0 Å². The number of imide groups is 2. The zero-order valence-corrected chi connectivity index (χ0v) is 16.9. The summed E-state index contributed by atoms with van der Waals surface area (Å²) in [5.74, 6) is -4.03. The molecular formula is C24H22N2O4. The van der Waals surface area contributed by atoms with Crippen LogP contribution >= 0.6 is 0 Å². The molecule has 0 spiro atoms. The molecule has 0 bridgehead atoms. The highest BCUT2D eigenvalue weighted by atomic mass is 16.2. The second-order valence-electron chi connectivity index (χ2n) is 8.35. The lowest BCUT2D eigenvalue weighted by atomic mass is 9.59. The highest BCUT2D eigenvalue weighted by molar-refractivity contribution is 6.17. The predicted molar refractivity (Wildman–Crippen MR) is 109 cm³/mol. The normalized spacial score (nSPS) is 27.4. The molecule has 3 aliphatic rings. The minimum atomic E-state index is -0.680. The zero-order valence-electron chi connectivity index (χ0n) is 16.9. The van der Waals surface area contributed by atoms with Gasteiger partial charge in [0, 0.05) is 7.05 Å². The molecule has 1 aliphatic carbocycles. The summed E-state index contributed by atoms with van der Waals surface area (Å²) in [7, 11) is 1.42. The molecule has 2 aromatic rings. The Balaban J connectivity index is 1.33. The van der Waals surface area contributed by atoms with Crippen molar-refractivity contribution in [3.8, 4) is 11.1 Å². The molecule has 0 aromatic heterocycles. The molecule has 3 fully saturated rings. The quantitative estimate of drug-likeness (QED) is 0.736. The number of benzene rings is 2. The van der Waals surface area contributed by atoms with E-state index in [1.165, 1.54) is 17.5 Å². The Morgan fingerprint density at radius 3 is 1.47 bits per heavy atom. The highest BCUT2D eigenvalue weighted by Gasteiger charge is 2.72. The van der Waals surface area contributed by atoms with Crippen molar-refractivity contribution in [3.05, 3.63) is 59.7 Å². The van der Waals surface area contributed by atoms with Crippen molar-refractivity contribution in [2.24, 2.45) is 23.7 Å². The number of carbonyl (C=O) groups excluding carboxylic acids is 4. The molecule has 6 nitrogen and oxygen atoms in total. The number of aryl methyl sites for hydroxylation is 1. The smallest absolute Gasteiger partial charge is 0.234 e. The number of hydrogen-bond donors (Lipinski definition) is 0. The molecule has 2 aromatic carbocycles. The fourth-order valence-electron chi connectivity index (χ4n) is 5.08. The molecule has 5 rings (SSSR count). The predicted octanol–water partition coefficient (Wildman–Crippen LogP) is 2.26. The number of fused-ring (bicyclic) bond motifs is 4. The van der Waals surface area contributed by atoms with E-state index in [1.54, 1.807) is 0 Å². The Hall–Kier alpha value is -3.28. The molecular weight excluding hydrogens is 380 g/mol. The first-order chi connectivity index (χ1) is 14.4. The lowest BCUT2D eigenvalue weighted by Gasteiger charge is -2.36. The van der Waals surface area contributed by atoms with Gasteiger partial charge in [-0.05, 0) is 28.7 Å². The summed E-state index contributed by atoms with van der Waals surface area (Å²) in [5.41, 5.74) is 4.30. The molecule has 30 heavy (non-hydrogen) atoms. The van der Waals surface area contributed by atoms with E-state index in [0.29, 0.717) is 0 Å². The number of rotatable bonds is 4. The summed E-state index contributed by atoms with van der Waals surface area (Å²) < 4.78 is 0. The van der Waals surface area contributed by atoms with Crippen LogP contribution in [0.3, 0.4) is 0 Å². The first kappa shape index (κ1) is 18.7. The van der Waals surface area contributed by atoms with Gasteiger partial charge in [-0.2, -0.15) is 0 Å². The number of hydrogen-bond acceptors (Lipinski definition) is 4. The second kappa shape index (κ2) is 6.62. The maximum absolute atomic E-state index is 12.9. The average Bonchev–Trinajstić information content (AvgIpc) is 3.05. The molecule has 4 unspecified atom stereocenters. The second-order valence-corrected chi connectivity index (χ2v) is 8.35. The third-order valence-electron chi connectivity index (χ3n) is 6.87. The van der Waals surface area contributed by atoms with Crippen molar-refractivity contribution in [1.82, 2.24) is 9.80 Å². The van der Waals surface area contributed by atoms with Crippen molar-refractivity contribution >= 4 is 23.6 Å². The average molecular weight is 402 g/mol. The van der Waals surface area contributed by atoms with Crippen molar-refractivity contribution < 1.29 is 19.2 Å². The van der Waals surface area contributed by atoms with Crippen LogP contribution in [0.5, 0.6) is 0 Å². The Morgan fingerprint density at radius 1 is 0.633 bits per heavy atom. The lowest BCUT2D eigenvalue weighted by Crippen LogP contribution is -2.50. The number of carbonyl (C=O) groups is 4. The van der Waals surface area contributed by atoms with Crippen LogP contribution in [0.2, 0.25) is 0 Å². The third-order valence-corrected chi connectivity index (χ3v) is 6.87. The maximum atomic E-state index is 12.9. The highest BCUT2D eigenvalue weighted by Crippen LogP contribution is 2.56. The fourth-order valence-corrected chi connectivity index (χ4v) is 5.08. The van der Waals surface area contributed by atoms with E-state index in [4.69, 9.17) is 0 Å². The molecule has 2 aliphatic heterocycles. The largest absolute Gasteiger partial charge is 0.285 e. The van der Waals surface area contributed by atoms with E-state index in [-0.39, 0.29) is 30.2 Å². The molecule has 0 radical (unpaired) electrons. The molecule has 4 atom stereocenters. The van der Waals surface area contributed by atoms with Crippen LogP contribution in [0, 0.1) is 23.7 Å². The van der Waals surface area contributed by atoms with Gasteiger partial charge in [0.15, 0.2) is 0 Å². The van der Waals surface area contributed by atoms with E-state index in [9.17, 15) is 19.2 Å². The van der Waals surface area contributed by atoms with Gasteiger partial charge in [-0.25, -0.2) is 0 Å². The minimum Gasteiger partial charge on any atom is -0.285 e. The van der Waals surface area contributed by atoms with Gasteiger partial charge < -0.3 is 0 Å². The Morgan fingerprint density at radius 2 is 1.03 bits per heavy atom. The van der Waals surface area contributed by atoms with Gasteiger partial charge in [-0.15, -0.1) is 0 Å². The summed E-state index contributed by atoms with van der Waals surface area (Å²) in [6.45, 7) is 2.28. The SMILES string of the molecule is CCc1ccc(-c2ccc(CN3C(=O)C4C5C(=O)N(C)C(=O)C5C4C3=O)cc2)cc1. The zero-order chi connectivity index (χ0) is 21.2. The summed E-state index contributed by atoms with van der Waals surface area (Å²) in [4.78, 5) is 52.5. The van der Waals surface area contributed by atoms with Crippen molar-refractivity contribution in [2.45, 2.75) is 19.9 Å². The molecule has 2 heterocycles. The van der Waals surface area contributed by atoms with E-state index in [0.717, 1.165) is 28.0 Å². The van der Waals surface area contributed by atoms with Gasteiger partial charge in [-0.1, -0.05) is 55.5 Å². The van der Waals surface area contributed by atoms with Crippen molar-refractivity contribution in [1.29, 1.82) is 0 Å². The van der Waals surface area contributed by atoms with Crippen LogP contribution in [0.25, 0.3) is 11.1 Å². The topological polar surface area (TPSA) is 74.8 Å². The van der Waals surface area contributed by atoms with Gasteiger partial charge in [0.05, 0.1) is 30.2 Å². The molecule has 152 valence electrons. The first-order valence-corrected chi connectivity index (χ1v) is 10.3. The number of nitrogens with zero attached hydrogens (tertiary/aromatic N) is 2. The summed E-state index contributed by atoms with van der Waals surface area (Å²) in [6.07, 6.45) is 0.994. The van der Waals surface area contributed by atoms with Gasteiger partial charge >= 0.3 is 0 Å². The first-order valence-electron chi connectivity index (χ1n) is 10.3. The molecule has 4 amide bonds. The molecule has 2 saturated heterocycles. The summed E-state index contributed by atoms with van der Waals surface area (Å²) in [5, 5.41) is 0. The van der Waals surface area contributed by atoms with Crippen LogP contribution in [0.15, 0.2) is 48.5 Å². The lowest BCUT2D eigenvalue weighted by molar-refractivity contribution is -0.146. The van der Waals surface area contributed by atoms with Crippen LogP contribution in [-0.4, -0.2) is 40.5 Å². The van der Waals surface area contributed by atoms with Gasteiger partial charge in [0.25, 0.3) is 0 Å². The maximum Gasteiger partial charge on any atom is 0.234 e. The third kappa shape index (κ3) is 2.49. The van der Waals surface area contributed by atoms with Crippen LogP contribution in [0.4, 0.5) is 0 Å². The monoisotopic (exact) mass is 402 g/mol. The number of likely N-dealkylation sites (tertiary alicyclic amines) is 2. The Labute approximate surface area is 174 Å². The van der Waals surface area contributed by atoms with Crippen LogP contribution in [-0.2, 0) is 32.1 Å². The fraction of sp³-hybridized carbons (Fsp3) is 0.333. The summed E-state index contributed by atoms with van der Waals surface area (Å²) >= 11 is 0. The van der Waals surface area contributed by atoms with Crippen molar-refractivity contribution in [3.63, 3.8) is 0 Å². The van der Waals surface area contributed by atoms with Gasteiger partial charge in [0.1, 0.15) is 0 Å². The van der Waals surface area contributed by atoms with E-state index < -0.39 is 23.7 Å².